The highest BCUT2D eigenvalue weighted by molar-refractivity contribution is 7.20. The van der Waals surface area contributed by atoms with Crippen LogP contribution in [0.2, 0.25) is 0 Å². The van der Waals surface area contributed by atoms with E-state index in [-0.39, 0.29) is 5.01 Å². The smallest absolute Gasteiger partial charge is 0.293 e. The van der Waals surface area contributed by atoms with Gasteiger partial charge >= 0.3 is 0 Å². The number of Topliss-reactive ketones (excluding diaryl/α,β-unsaturated/α-hetero) is 2. The molecule has 0 aliphatic rings. The van der Waals surface area contributed by atoms with Gasteiger partial charge in [-0.25, -0.2) is 13.8 Å². The van der Waals surface area contributed by atoms with E-state index in [0.717, 1.165) is 21.6 Å². The number of thiazole rings is 1. The number of hydrogen-bond acceptors (Lipinski definition) is 4. The van der Waals surface area contributed by atoms with E-state index in [0.29, 0.717) is 5.52 Å². The van der Waals surface area contributed by atoms with Crippen LogP contribution in [0.15, 0.2) is 18.2 Å². The predicted molar refractivity (Wildman–Crippen MR) is 64.3 cm³/mol. The third-order valence-electron chi connectivity index (χ3n) is 2.36. The molecule has 1 heterocycles. The number of ketones is 2. The molecule has 0 aliphatic carbocycles. The minimum Gasteiger partial charge on any atom is -0.293 e. The zero-order valence-corrected chi connectivity index (χ0v) is 10.3. The summed E-state index contributed by atoms with van der Waals surface area (Å²) in [6, 6.07) is 5.46. The average molecular weight is 269 g/mol. The molecule has 0 saturated heterocycles. The van der Waals surface area contributed by atoms with Gasteiger partial charge in [0.25, 0.3) is 6.43 Å². The minimum atomic E-state index is -3.11. The summed E-state index contributed by atoms with van der Waals surface area (Å²) in [6.45, 7) is 1.90. The number of carbonyl (C=O) groups excluding carboxylic acids is 2. The molecule has 1 aromatic carbocycles. The lowest BCUT2D eigenvalue weighted by atomic mass is 10.2. The molecule has 0 unspecified atom stereocenters. The van der Waals surface area contributed by atoms with Crippen LogP contribution in [0.3, 0.4) is 0 Å². The first-order valence-corrected chi connectivity index (χ1v) is 6.00. The maximum absolute atomic E-state index is 12.0. The standard InChI is InChI=1S/C12H9F2NO2S/c1-6-2-3-7-10(4-6)18-12(15-7)9(17)5-8(16)11(13)14/h2-4,11H,5H2,1H3. The lowest BCUT2D eigenvalue weighted by Crippen LogP contribution is -2.15. The second kappa shape index (κ2) is 4.89. The van der Waals surface area contributed by atoms with Crippen molar-refractivity contribution in [3.05, 3.63) is 28.8 Å². The Morgan fingerprint density at radius 2 is 2.11 bits per heavy atom. The van der Waals surface area contributed by atoms with Gasteiger partial charge in [0.15, 0.2) is 10.8 Å². The Kier molecular flexibility index (Phi) is 3.47. The zero-order chi connectivity index (χ0) is 13.3. The van der Waals surface area contributed by atoms with Crippen molar-refractivity contribution >= 4 is 33.1 Å². The Hall–Kier alpha value is -1.69. The van der Waals surface area contributed by atoms with Crippen LogP contribution in [0, 0.1) is 6.92 Å². The molecule has 2 rings (SSSR count). The van der Waals surface area contributed by atoms with Gasteiger partial charge in [-0.05, 0) is 24.6 Å². The molecular weight excluding hydrogens is 260 g/mol. The number of benzene rings is 1. The first-order valence-electron chi connectivity index (χ1n) is 5.18. The van der Waals surface area contributed by atoms with Gasteiger partial charge in [0, 0.05) is 0 Å². The molecule has 0 atom stereocenters. The third-order valence-corrected chi connectivity index (χ3v) is 3.42. The van der Waals surface area contributed by atoms with Gasteiger partial charge < -0.3 is 0 Å². The van der Waals surface area contributed by atoms with Crippen molar-refractivity contribution < 1.29 is 18.4 Å². The van der Waals surface area contributed by atoms with Gasteiger partial charge in [-0.15, -0.1) is 11.3 Å². The normalized spacial score (nSPS) is 11.1. The quantitative estimate of drug-likeness (QED) is 0.633. The average Bonchev–Trinajstić information content (AvgIpc) is 2.71. The minimum absolute atomic E-state index is 0.101. The third kappa shape index (κ3) is 2.59. The Morgan fingerprint density at radius 3 is 2.78 bits per heavy atom. The monoisotopic (exact) mass is 269 g/mol. The largest absolute Gasteiger partial charge is 0.296 e. The van der Waals surface area contributed by atoms with E-state index >= 15 is 0 Å². The molecular formula is C12H9F2NO2S. The van der Waals surface area contributed by atoms with E-state index in [4.69, 9.17) is 0 Å². The van der Waals surface area contributed by atoms with E-state index in [1.165, 1.54) is 0 Å². The van der Waals surface area contributed by atoms with Crippen LogP contribution in [0.1, 0.15) is 21.8 Å². The number of halogens is 2. The number of aromatic nitrogens is 1. The second-order valence-corrected chi connectivity index (χ2v) is 4.89. The van der Waals surface area contributed by atoms with Crippen molar-refractivity contribution in [1.29, 1.82) is 0 Å². The van der Waals surface area contributed by atoms with Crippen molar-refractivity contribution in [1.82, 2.24) is 4.98 Å². The fourth-order valence-electron chi connectivity index (χ4n) is 1.46. The van der Waals surface area contributed by atoms with Crippen molar-refractivity contribution in [2.45, 2.75) is 19.8 Å². The SMILES string of the molecule is Cc1ccc2nc(C(=O)CC(=O)C(F)F)sc2c1. The lowest BCUT2D eigenvalue weighted by molar-refractivity contribution is -0.128. The van der Waals surface area contributed by atoms with Gasteiger partial charge in [-0.1, -0.05) is 6.07 Å². The number of hydrogen-bond donors (Lipinski definition) is 0. The maximum Gasteiger partial charge on any atom is 0.296 e. The summed E-state index contributed by atoms with van der Waals surface area (Å²) in [5, 5.41) is 0.101. The van der Waals surface area contributed by atoms with Crippen LogP contribution >= 0.6 is 11.3 Å². The molecule has 0 fully saturated rings. The summed E-state index contributed by atoms with van der Waals surface area (Å²) in [5.41, 5.74) is 1.66. The van der Waals surface area contributed by atoms with Gasteiger partial charge in [0.1, 0.15) is 0 Å². The Balaban J connectivity index is 2.26. The molecule has 0 aliphatic heterocycles. The molecule has 94 valence electrons. The lowest BCUT2D eigenvalue weighted by Gasteiger charge is -1.95. The highest BCUT2D eigenvalue weighted by Crippen LogP contribution is 2.24. The van der Waals surface area contributed by atoms with Crippen LogP contribution in [-0.4, -0.2) is 23.0 Å². The van der Waals surface area contributed by atoms with Gasteiger partial charge in [0.2, 0.25) is 5.78 Å². The van der Waals surface area contributed by atoms with E-state index in [9.17, 15) is 18.4 Å². The van der Waals surface area contributed by atoms with Gasteiger partial charge in [0.05, 0.1) is 16.6 Å². The first-order chi connectivity index (χ1) is 8.47. The maximum atomic E-state index is 12.0. The Bertz CT molecular complexity index is 622. The molecule has 0 spiro atoms. The number of alkyl halides is 2. The molecule has 3 nitrogen and oxygen atoms in total. The van der Waals surface area contributed by atoms with Gasteiger partial charge in [-0.2, -0.15) is 0 Å². The van der Waals surface area contributed by atoms with E-state index < -0.39 is 24.4 Å². The number of nitrogens with zero attached hydrogens (tertiary/aromatic N) is 1. The summed E-state index contributed by atoms with van der Waals surface area (Å²) < 4.78 is 24.9. The summed E-state index contributed by atoms with van der Waals surface area (Å²) in [6.07, 6.45) is -3.90. The highest BCUT2D eigenvalue weighted by Gasteiger charge is 2.22. The molecule has 0 radical (unpaired) electrons. The topological polar surface area (TPSA) is 47.0 Å². The van der Waals surface area contributed by atoms with E-state index in [2.05, 4.69) is 4.98 Å². The van der Waals surface area contributed by atoms with Crippen molar-refractivity contribution in [2.24, 2.45) is 0 Å². The molecule has 18 heavy (non-hydrogen) atoms. The molecule has 1 aromatic heterocycles. The number of carbonyl (C=O) groups is 2. The fraction of sp³-hybridized carbons (Fsp3) is 0.250. The summed E-state index contributed by atoms with van der Waals surface area (Å²) in [4.78, 5) is 26.4. The van der Waals surface area contributed by atoms with E-state index in [1.54, 1.807) is 6.07 Å². The summed E-state index contributed by atoms with van der Waals surface area (Å²) in [5.74, 6) is -2.02. The van der Waals surface area contributed by atoms with Crippen LogP contribution < -0.4 is 0 Å². The molecule has 0 saturated carbocycles. The van der Waals surface area contributed by atoms with Gasteiger partial charge in [-0.3, -0.25) is 9.59 Å². The molecule has 0 amide bonds. The fourth-order valence-corrected chi connectivity index (χ4v) is 2.46. The molecule has 0 N–H and O–H groups in total. The van der Waals surface area contributed by atoms with Crippen LogP contribution in [0.5, 0.6) is 0 Å². The number of fused-ring (bicyclic) bond motifs is 1. The van der Waals surface area contributed by atoms with Crippen LogP contribution in [0.25, 0.3) is 10.2 Å². The predicted octanol–water partition coefficient (Wildman–Crippen LogP) is 3.01. The number of aryl methyl sites for hydroxylation is 1. The van der Waals surface area contributed by atoms with Crippen molar-refractivity contribution in [3.8, 4) is 0 Å². The number of rotatable bonds is 4. The van der Waals surface area contributed by atoms with Crippen molar-refractivity contribution in [2.75, 3.05) is 0 Å². The van der Waals surface area contributed by atoms with Crippen LogP contribution in [-0.2, 0) is 4.79 Å². The molecule has 6 heteroatoms. The van der Waals surface area contributed by atoms with Crippen molar-refractivity contribution in [3.63, 3.8) is 0 Å². The van der Waals surface area contributed by atoms with Crippen LogP contribution in [0.4, 0.5) is 8.78 Å². The summed E-state index contributed by atoms with van der Waals surface area (Å²) >= 11 is 1.12. The second-order valence-electron chi connectivity index (χ2n) is 3.86. The molecule has 2 aromatic rings. The van der Waals surface area contributed by atoms with E-state index in [1.807, 2.05) is 19.1 Å². The highest BCUT2D eigenvalue weighted by atomic mass is 32.1. The zero-order valence-electron chi connectivity index (χ0n) is 9.44. The molecule has 0 bridgehead atoms. The Morgan fingerprint density at radius 1 is 1.39 bits per heavy atom. The first kappa shape index (κ1) is 12.8. The Labute approximate surface area is 105 Å². The summed E-state index contributed by atoms with van der Waals surface area (Å²) in [7, 11) is 0.